The number of carbonyl (C=O) groups is 1. The van der Waals surface area contributed by atoms with E-state index in [-0.39, 0.29) is 5.25 Å². The Kier molecular flexibility index (Phi) is 3.59. The van der Waals surface area contributed by atoms with Gasteiger partial charge >= 0.3 is 0 Å². The van der Waals surface area contributed by atoms with Crippen LogP contribution in [0, 0.1) is 0 Å². The van der Waals surface area contributed by atoms with Gasteiger partial charge in [0.2, 0.25) is 5.91 Å². The molecular formula is C7H13NOS2. The van der Waals surface area contributed by atoms with Crippen LogP contribution >= 0.6 is 23.5 Å². The van der Waals surface area contributed by atoms with Gasteiger partial charge in [-0.1, -0.05) is 0 Å². The van der Waals surface area contributed by atoms with Gasteiger partial charge in [0.15, 0.2) is 0 Å². The zero-order chi connectivity index (χ0) is 8.27. The van der Waals surface area contributed by atoms with Gasteiger partial charge < -0.3 is 4.90 Å². The molecule has 1 saturated heterocycles. The molecule has 0 aromatic heterocycles. The number of hydrogen-bond acceptors (Lipinski definition) is 3. The average Bonchev–Trinajstić information content (AvgIpc) is 2.53. The van der Waals surface area contributed by atoms with Gasteiger partial charge in [0, 0.05) is 12.3 Å². The molecule has 0 aliphatic carbocycles. The minimum absolute atomic E-state index is 0.133. The van der Waals surface area contributed by atoms with Crippen molar-refractivity contribution in [3.05, 3.63) is 0 Å². The van der Waals surface area contributed by atoms with E-state index in [4.69, 9.17) is 0 Å². The summed E-state index contributed by atoms with van der Waals surface area (Å²) < 4.78 is 0. The molecule has 0 bridgehead atoms. The van der Waals surface area contributed by atoms with E-state index in [1.54, 1.807) is 11.8 Å². The van der Waals surface area contributed by atoms with Gasteiger partial charge in [0.25, 0.3) is 0 Å². The Morgan fingerprint density at radius 3 is 2.91 bits per heavy atom. The fourth-order valence-corrected chi connectivity index (χ4v) is 2.25. The molecule has 11 heavy (non-hydrogen) atoms. The summed E-state index contributed by atoms with van der Waals surface area (Å²) in [4.78, 5) is 13.4. The molecule has 0 aromatic rings. The highest BCUT2D eigenvalue weighted by Gasteiger charge is 2.22. The van der Waals surface area contributed by atoms with E-state index in [0.29, 0.717) is 5.91 Å². The van der Waals surface area contributed by atoms with Crippen molar-refractivity contribution in [1.29, 1.82) is 0 Å². The molecule has 0 radical (unpaired) electrons. The van der Waals surface area contributed by atoms with E-state index in [2.05, 4.69) is 0 Å². The molecule has 0 saturated carbocycles. The lowest BCUT2D eigenvalue weighted by atomic mass is 10.4. The van der Waals surface area contributed by atoms with E-state index < -0.39 is 0 Å². The van der Waals surface area contributed by atoms with E-state index in [1.165, 1.54) is 0 Å². The van der Waals surface area contributed by atoms with Crippen LogP contribution < -0.4 is 0 Å². The van der Waals surface area contributed by atoms with Crippen LogP contribution in [0.3, 0.4) is 0 Å². The summed E-state index contributed by atoms with van der Waals surface area (Å²) in [6.45, 7) is 2.91. The average molecular weight is 191 g/mol. The van der Waals surface area contributed by atoms with Crippen LogP contribution in [-0.4, -0.2) is 40.5 Å². The maximum Gasteiger partial charge on any atom is 0.236 e. The van der Waals surface area contributed by atoms with Crippen molar-refractivity contribution in [3.8, 4) is 0 Å². The Hall–Kier alpha value is 0.170. The van der Waals surface area contributed by atoms with Crippen LogP contribution in [-0.2, 0) is 4.79 Å². The molecule has 2 nitrogen and oxygen atoms in total. The SMILES string of the molecule is CSC(C)C(=O)N1CCSC1. The van der Waals surface area contributed by atoms with E-state index in [1.807, 2.05) is 29.8 Å². The fourth-order valence-electron chi connectivity index (χ4n) is 0.946. The Morgan fingerprint density at radius 2 is 2.45 bits per heavy atom. The number of thioether (sulfide) groups is 2. The molecular weight excluding hydrogens is 178 g/mol. The van der Waals surface area contributed by atoms with Crippen LogP contribution in [0.2, 0.25) is 0 Å². The fraction of sp³-hybridized carbons (Fsp3) is 0.857. The number of rotatable bonds is 2. The van der Waals surface area contributed by atoms with Gasteiger partial charge in [-0.15, -0.1) is 11.8 Å². The lowest BCUT2D eigenvalue weighted by Crippen LogP contribution is -2.33. The van der Waals surface area contributed by atoms with E-state index in [9.17, 15) is 4.79 Å². The monoisotopic (exact) mass is 191 g/mol. The zero-order valence-electron chi connectivity index (χ0n) is 6.87. The van der Waals surface area contributed by atoms with E-state index in [0.717, 1.165) is 18.2 Å². The maximum absolute atomic E-state index is 11.5. The Labute approximate surface area is 76.1 Å². The molecule has 1 unspecified atom stereocenters. The quantitative estimate of drug-likeness (QED) is 0.655. The lowest BCUT2D eigenvalue weighted by Gasteiger charge is -2.17. The minimum Gasteiger partial charge on any atom is -0.332 e. The standard InChI is InChI=1S/C7H13NOS2/c1-6(10-2)7(9)8-3-4-11-5-8/h6H,3-5H2,1-2H3. The van der Waals surface area contributed by atoms with Crippen molar-refractivity contribution in [2.24, 2.45) is 0 Å². The van der Waals surface area contributed by atoms with Gasteiger partial charge in [0.1, 0.15) is 0 Å². The first-order chi connectivity index (χ1) is 5.25. The van der Waals surface area contributed by atoms with Crippen LogP contribution in [0.4, 0.5) is 0 Å². The summed E-state index contributed by atoms with van der Waals surface area (Å²) in [5.74, 6) is 2.29. The molecule has 1 aliphatic heterocycles. The maximum atomic E-state index is 11.5. The van der Waals surface area contributed by atoms with Gasteiger partial charge in [0.05, 0.1) is 11.1 Å². The second kappa shape index (κ2) is 4.26. The number of amides is 1. The summed E-state index contributed by atoms with van der Waals surface area (Å²) in [5.41, 5.74) is 0. The first-order valence-electron chi connectivity index (χ1n) is 3.65. The van der Waals surface area contributed by atoms with Crippen molar-refractivity contribution in [3.63, 3.8) is 0 Å². The second-order valence-electron chi connectivity index (χ2n) is 2.52. The first kappa shape index (κ1) is 9.26. The molecule has 4 heteroatoms. The number of hydrogen-bond donors (Lipinski definition) is 0. The van der Waals surface area contributed by atoms with Crippen LogP contribution in [0.15, 0.2) is 0 Å². The van der Waals surface area contributed by atoms with Crippen LogP contribution in [0.1, 0.15) is 6.92 Å². The third kappa shape index (κ3) is 2.30. The second-order valence-corrected chi connectivity index (χ2v) is 4.77. The van der Waals surface area contributed by atoms with Crippen molar-refractivity contribution in [1.82, 2.24) is 4.90 Å². The molecule has 64 valence electrons. The third-order valence-electron chi connectivity index (χ3n) is 1.77. The molecule has 1 aliphatic rings. The van der Waals surface area contributed by atoms with Crippen molar-refractivity contribution in [2.45, 2.75) is 12.2 Å². The highest BCUT2D eigenvalue weighted by molar-refractivity contribution is 8.00. The molecule has 1 atom stereocenters. The highest BCUT2D eigenvalue weighted by Crippen LogP contribution is 2.17. The molecule has 0 spiro atoms. The largest absolute Gasteiger partial charge is 0.332 e. The Bertz CT molecular complexity index is 145. The minimum atomic E-state index is 0.133. The van der Waals surface area contributed by atoms with Crippen LogP contribution in [0.5, 0.6) is 0 Å². The van der Waals surface area contributed by atoms with Gasteiger partial charge in [-0.2, -0.15) is 11.8 Å². The Balaban J connectivity index is 2.39. The van der Waals surface area contributed by atoms with Gasteiger partial charge in [-0.25, -0.2) is 0 Å². The van der Waals surface area contributed by atoms with Crippen molar-refractivity contribution in [2.75, 3.05) is 24.4 Å². The molecule has 1 heterocycles. The highest BCUT2D eigenvalue weighted by atomic mass is 32.2. The van der Waals surface area contributed by atoms with Crippen molar-refractivity contribution < 1.29 is 4.79 Å². The van der Waals surface area contributed by atoms with Crippen LogP contribution in [0.25, 0.3) is 0 Å². The summed E-state index contributed by atoms with van der Waals surface area (Å²) in [6.07, 6.45) is 1.98. The zero-order valence-corrected chi connectivity index (χ0v) is 8.50. The third-order valence-corrected chi connectivity index (χ3v) is 3.64. The molecule has 1 amide bonds. The molecule has 1 rings (SSSR count). The summed E-state index contributed by atoms with van der Waals surface area (Å²) in [7, 11) is 0. The number of nitrogens with zero attached hydrogens (tertiary/aromatic N) is 1. The molecule has 1 fully saturated rings. The molecule has 0 N–H and O–H groups in total. The summed E-state index contributed by atoms with van der Waals surface area (Å²) >= 11 is 3.45. The predicted octanol–water partition coefficient (Wildman–Crippen LogP) is 1.27. The lowest BCUT2D eigenvalue weighted by molar-refractivity contribution is -0.128. The summed E-state index contributed by atoms with van der Waals surface area (Å²) in [6, 6.07) is 0. The molecule has 0 aromatic carbocycles. The van der Waals surface area contributed by atoms with E-state index >= 15 is 0 Å². The van der Waals surface area contributed by atoms with Gasteiger partial charge in [-0.3, -0.25) is 4.79 Å². The topological polar surface area (TPSA) is 20.3 Å². The number of carbonyl (C=O) groups excluding carboxylic acids is 1. The smallest absolute Gasteiger partial charge is 0.236 e. The normalized spacial score (nSPS) is 20.4. The summed E-state index contributed by atoms with van der Waals surface area (Å²) in [5, 5.41) is 0.133. The van der Waals surface area contributed by atoms with Gasteiger partial charge in [-0.05, 0) is 13.2 Å². The predicted molar refractivity (Wildman–Crippen MR) is 52.0 cm³/mol. The first-order valence-corrected chi connectivity index (χ1v) is 6.09. The van der Waals surface area contributed by atoms with Crippen molar-refractivity contribution >= 4 is 29.4 Å². The Morgan fingerprint density at radius 1 is 1.73 bits per heavy atom.